The van der Waals surface area contributed by atoms with Crippen LogP contribution in [-0.2, 0) is 19.7 Å². The van der Waals surface area contributed by atoms with Crippen molar-refractivity contribution >= 4 is 22.1 Å². The molecule has 0 aromatic heterocycles. The fourth-order valence-electron chi connectivity index (χ4n) is 3.39. The number of hydrogen-bond donors (Lipinski definition) is 3. The van der Waals surface area contributed by atoms with Crippen molar-refractivity contribution in [2.24, 2.45) is 17.3 Å². The van der Waals surface area contributed by atoms with E-state index in [4.69, 9.17) is 10.2 Å². The van der Waals surface area contributed by atoms with Gasteiger partial charge in [-0.05, 0) is 24.7 Å². The molecular weight excluding hydrogens is 438 g/mol. The van der Waals surface area contributed by atoms with Crippen molar-refractivity contribution in [3.63, 3.8) is 0 Å². The largest absolute Gasteiger partial charge is 1.00 e. The normalized spacial score (nSPS) is 12.3. The van der Waals surface area contributed by atoms with E-state index in [9.17, 15) is 32.8 Å². The van der Waals surface area contributed by atoms with Gasteiger partial charge < -0.3 is 30.0 Å². The predicted molar refractivity (Wildman–Crippen MR) is 99.3 cm³/mol. The van der Waals surface area contributed by atoms with Crippen molar-refractivity contribution in [1.29, 1.82) is 0 Å². The Bertz CT molecular complexity index is 546. The van der Waals surface area contributed by atoms with Crippen molar-refractivity contribution in [3.8, 4) is 0 Å². The van der Waals surface area contributed by atoms with Gasteiger partial charge in [-0.15, -0.1) is 0 Å². The number of rotatable bonds is 13. The van der Waals surface area contributed by atoms with Crippen LogP contribution in [0.4, 0.5) is 0 Å². The van der Waals surface area contributed by atoms with Gasteiger partial charge in [0.1, 0.15) is 5.25 Å². The number of carboxylic acids is 2. The van der Waals surface area contributed by atoms with Gasteiger partial charge in [0.05, 0.1) is 19.2 Å². The van der Waals surface area contributed by atoms with Crippen LogP contribution in [0.25, 0.3) is 0 Å². The van der Waals surface area contributed by atoms with Gasteiger partial charge in [-0.2, -0.15) is 8.42 Å². The van der Waals surface area contributed by atoms with Crippen LogP contribution in [0.5, 0.6) is 0 Å². The Hall–Kier alpha value is 0.770. The second-order valence-electron chi connectivity index (χ2n) is 6.88. The van der Waals surface area contributed by atoms with E-state index in [1.807, 2.05) is 27.7 Å². The molecule has 0 saturated heterocycles. The molecule has 0 radical (unpaired) electrons. The summed E-state index contributed by atoms with van der Waals surface area (Å²) in [4.78, 5) is 23.4. The Balaban J connectivity index is -0.000000513. The van der Waals surface area contributed by atoms with Crippen LogP contribution in [-0.4, -0.2) is 53.6 Å². The maximum Gasteiger partial charge on any atom is 1.00 e. The van der Waals surface area contributed by atoms with E-state index in [0.717, 1.165) is 0 Å². The smallest absolute Gasteiger partial charge is 0.549 e. The van der Waals surface area contributed by atoms with Gasteiger partial charge in [0, 0.05) is 11.4 Å². The number of carbonyl (C=O) groups excluding carboxylic acids is 2. The second-order valence-corrected chi connectivity index (χ2v) is 8.38. The molecule has 0 heterocycles. The molecule has 0 aliphatic carbocycles. The first-order valence-electron chi connectivity index (χ1n) is 9.51. The first-order valence-corrected chi connectivity index (χ1v) is 11.0. The number of aliphatic carboxylic acids is 2. The summed E-state index contributed by atoms with van der Waals surface area (Å²) in [5.41, 5.74) is -2.22. The summed E-state index contributed by atoms with van der Waals surface area (Å²) in [5.74, 6) is -4.30. The van der Waals surface area contributed by atoms with Crippen LogP contribution < -0.4 is 69.3 Å². The van der Waals surface area contributed by atoms with Crippen molar-refractivity contribution < 1.29 is 102 Å². The molecule has 12 heteroatoms. The van der Waals surface area contributed by atoms with Crippen LogP contribution >= 0.6 is 0 Å². The summed E-state index contributed by atoms with van der Waals surface area (Å²) >= 11 is 0. The van der Waals surface area contributed by atoms with E-state index in [2.05, 4.69) is 0 Å². The van der Waals surface area contributed by atoms with Crippen molar-refractivity contribution in [2.75, 3.05) is 13.2 Å². The third-order valence-corrected chi connectivity index (χ3v) is 6.37. The SMILES string of the molecule is CCC(CC)CC(CC(CC)CC)(C(=O)[O-])C(C(=O)[O-])S(=O)(=O)O.OCCO.[Na+].[Na+]. The van der Waals surface area contributed by atoms with Crippen LogP contribution in [0.3, 0.4) is 0 Å². The van der Waals surface area contributed by atoms with E-state index in [1.54, 1.807) is 0 Å². The zero-order chi connectivity index (χ0) is 22.5. The molecule has 1 unspecified atom stereocenters. The minimum atomic E-state index is -5.17. The van der Waals surface area contributed by atoms with Crippen LogP contribution in [0, 0.1) is 17.3 Å². The standard InChI is InChI=1S/C16H30O7S.C2H6O2.2Na/c1-5-11(6-2)9-16(15(19)20,10-12(7-3)8-4)13(14(17)18)24(21,22)23;3-1-2-4;;/h11-13H,5-10H2,1-4H3,(H,17,18)(H,19,20)(H,21,22,23);3-4H,1-2H2;;/q;;2*+1/p-2. The summed E-state index contributed by atoms with van der Waals surface area (Å²) in [7, 11) is -5.17. The third-order valence-electron chi connectivity index (χ3n) is 5.14. The Labute approximate surface area is 224 Å². The molecule has 0 rings (SSSR count). The molecule has 0 aromatic rings. The maximum absolute atomic E-state index is 12.0. The summed E-state index contributed by atoms with van der Waals surface area (Å²) in [6.07, 6.45) is 1.83. The van der Waals surface area contributed by atoms with Crippen molar-refractivity contribution in [1.82, 2.24) is 0 Å². The first-order chi connectivity index (χ1) is 12.9. The molecule has 0 aliphatic heterocycles. The Kier molecular flexibility index (Phi) is 24.4. The zero-order valence-corrected chi connectivity index (χ0v) is 23.9. The topological polar surface area (TPSA) is 175 Å². The molecule has 168 valence electrons. The van der Waals surface area contributed by atoms with Gasteiger partial charge in [-0.1, -0.05) is 53.4 Å². The summed E-state index contributed by atoms with van der Waals surface area (Å²) in [5, 5.41) is 36.1. The van der Waals surface area contributed by atoms with Crippen LogP contribution in [0.2, 0.25) is 0 Å². The molecule has 0 aliphatic rings. The second kappa shape index (κ2) is 19.3. The van der Waals surface area contributed by atoms with E-state index in [0.29, 0.717) is 25.7 Å². The fourth-order valence-corrected chi connectivity index (χ4v) is 4.49. The van der Waals surface area contributed by atoms with Crippen LogP contribution in [0.15, 0.2) is 0 Å². The molecule has 0 amide bonds. The monoisotopic (exact) mass is 472 g/mol. The minimum absolute atomic E-state index is 0. The molecular formula is C18H34Na2O9S. The van der Waals surface area contributed by atoms with Gasteiger partial charge in [-0.3, -0.25) is 4.55 Å². The Morgan fingerprint density at radius 2 is 1.13 bits per heavy atom. The Morgan fingerprint density at radius 3 is 1.27 bits per heavy atom. The van der Waals surface area contributed by atoms with Crippen LogP contribution in [0.1, 0.15) is 66.2 Å². The zero-order valence-electron chi connectivity index (χ0n) is 19.1. The number of carboxylic acid groups (broad SMARTS) is 2. The molecule has 0 saturated carbocycles. The number of aliphatic hydroxyl groups is 2. The summed E-state index contributed by atoms with van der Waals surface area (Å²) in [6.45, 7) is 7.00. The molecule has 30 heavy (non-hydrogen) atoms. The maximum atomic E-state index is 12.0. The quantitative estimate of drug-likeness (QED) is 0.174. The fraction of sp³-hybridized carbons (Fsp3) is 0.889. The van der Waals surface area contributed by atoms with Gasteiger partial charge in [0.15, 0.2) is 0 Å². The number of hydrogen-bond acceptors (Lipinski definition) is 8. The molecule has 0 spiro atoms. The average Bonchev–Trinajstić information content (AvgIpc) is 2.62. The summed E-state index contributed by atoms with van der Waals surface area (Å²) < 4.78 is 32.8. The average molecular weight is 473 g/mol. The number of aliphatic hydroxyl groups excluding tert-OH is 2. The third kappa shape index (κ3) is 12.7. The molecule has 0 fully saturated rings. The molecule has 1 atom stereocenters. The molecule has 0 bridgehead atoms. The van der Waals surface area contributed by atoms with Gasteiger partial charge in [0.25, 0.3) is 10.1 Å². The minimum Gasteiger partial charge on any atom is -0.549 e. The first kappa shape index (κ1) is 38.1. The van der Waals surface area contributed by atoms with E-state index in [-0.39, 0.29) is 97.0 Å². The van der Waals surface area contributed by atoms with Crippen molar-refractivity contribution in [2.45, 2.75) is 71.5 Å². The Morgan fingerprint density at radius 1 is 0.833 bits per heavy atom. The van der Waals surface area contributed by atoms with Gasteiger partial charge in [0.2, 0.25) is 0 Å². The molecule has 0 aromatic carbocycles. The number of carbonyl (C=O) groups is 2. The van der Waals surface area contributed by atoms with E-state index >= 15 is 0 Å². The summed E-state index contributed by atoms with van der Waals surface area (Å²) in [6, 6.07) is 0. The van der Waals surface area contributed by atoms with E-state index < -0.39 is 32.7 Å². The van der Waals surface area contributed by atoms with Gasteiger partial charge in [-0.25, -0.2) is 0 Å². The van der Waals surface area contributed by atoms with Gasteiger partial charge >= 0.3 is 59.1 Å². The predicted octanol–water partition coefficient (Wildman–Crippen LogP) is -6.64. The molecule has 9 nitrogen and oxygen atoms in total. The van der Waals surface area contributed by atoms with E-state index in [1.165, 1.54) is 0 Å². The van der Waals surface area contributed by atoms with Crippen molar-refractivity contribution in [3.05, 3.63) is 0 Å². The molecule has 3 N–H and O–H groups in total.